The number of hydrogen-bond donors (Lipinski definition) is 1. The van der Waals surface area contributed by atoms with Gasteiger partial charge in [0.1, 0.15) is 0 Å². The summed E-state index contributed by atoms with van der Waals surface area (Å²) in [4.78, 5) is 14.5. The second-order valence-electron chi connectivity index (χ2n) is 6.39. The SMILES string of the molecule is CN(C(=O)C1CCCCC1(C)C)c1ccc(Br)cc1N. The molecule has 0 aliphatic heterocycles. The van der Waals surface area contributed by atoms with Crippen molar-refractivity contribution >= 4 is 33.2 Å². The zero-order valence-corrected chi connectivity index (χ0v) is 14.0. The smallest absolute Gasteiger partial charge is 0.230 e. The Morgan fingerprint density at radius 3 is 2.70 bits per heavy atom. The maximum atomic E-state index is 12.8. The summed E-state index contributed by atoms with van der Waals surface area (Å²) in [5.74, 6) is 0.271. The average Bonchev–Trinajstić information content (AvgIpc) is 2.37. The summed E-state index contributed by atoms with van der Waals surface area (Å²) in [5, 5.41) is 0. The van der Waals surface area contributed by atoms with E-state index in [9.17, 15) is 4.79 Å². The first-order valence-electron chi connectivity index (χ1n) is 7.15. The fraction of sp³-hybridized carbons (Fsp3) is 0.562. The Kier molecular flexibility index (Phi) is 4.43. The molecule has 0 saturated heterocycles. The second kappa shape index (κ2) is 5.76. The molecular weight excluding hydrogens is 316 g/mol. The quantitative estimate of drug-likeness (QED) is 0.821. The van der Waals surface area contributed by atoms with Crippen molar-refractivity contribution in [2.45, 2.75) is 39.5 Å². The normalized spacial score (nSPS) is 21.5. The molecule has 1 atom stereocenters. The molecule has 0 bridgehead atoms. The Hall–Kier alpha value is -1.03. The fourth-order valence-electron chi connectivity index (χ4n) is 3.14. The van der Waals surface area contributed by atoms with E-state index in [4.69, 9.17) is 5.73 Å². The number of rotatable bonds is 2. The molecule has 0 aromatic heterocycles. The summed E-state index contributed by atoms with van der Waals surface area (Å²) in [6.45, 7) is 4.40. The van der Waals surface area contributed by atoms with Gasteiger partial charge in [-0.05, 0) is 36.5 Å². The molecule has 1 aromatic carbocycles. The van der Waals surface area contributed by atoms with E-state index < -0.39 is 0 Å². The van der Waals surface area contributed by atoms with Crippen molar-refractivity contribution in [3.05, 3.63) is 22.7 Å². The van der Waals surface area contributed by atoms with Gasteiger partial charge in [-0.15, -0.1) is 0 Å². The molecule has 0 heterocycles. The maximum absolute atomic E-state index is 12.8. The summed E-state index contributed by atoms with van der Waals surface area (Å²) in [7, 11) is 1.83. The van der Waals surface area contributed by atoms with Crippen LogP contribution in [0.15, 0.2) is 22.7 Å². The first-order chi connectivity index (χ1) is 9.33. The third-order valence-corrected chi connectivity index (χ3v) is 4.98. The molecule has 1 amide bonds. The molecule has 20 heavy (non-hydrogen) atoms. The summed E-state index contributed by atoms with van der Waals surface area (Å²) in [6.07, 6.45) is 4.46. The number of carbonyl (C=O) groups is 1. The van der Waals surface area contributed by atoms with Crippen molar-refractivity contribution in [3.63, 3.8) is 0 Å². The van der Waals surface area contributed by atoms with Crippen LogP contribution in [0.5, 0.6) is 0 Å². The van der Waals surface area contributed by atoms with Gasteiger partial charge in [0.15, 0.2) is 0 Å². The molecule has 3 nitrogen and oxygen atoms in total. The number of hydrogen-bond acceptors (Lipinski definition) is 2. The van der Waals surface area contributed by atoms with Gasteiger partial charge in [-0.25, -0.2) is 0 Å². The van der Waals surface area contributed by atoms with Crippen LogP contribution in [0.25, 0.3) is 0 Å². The van der Waals surface area contributed by atoms with Crippen molar-refractivity contribution in [1.82, 2.24) is 0 Å². The van der Waals surface area contributed by atoms with Crippen molar-refractivity contribution in [2.24, 2.45) is 11.3 Å². The highest BCUT2D eigenvalue weighted by Gasteiger charge is 2.38. The lowest BCUT2D eigenvalue weighted by Gasteiger charge is -2.39. The van der Waals surface area contributed by atoms with Gasteiger partial charge in [-0.1, -0.05) is 42.6 Å². The topological polar surface area (TPSA) is 46.3 Å². The number of amides is 1. The molecule has 1 unspecified atom stereocenters. The van der Waals surface area contributed by atoms with Gasteiger partial charge in [-0.3, -0.25) is 4.79 Å². The molecule has 0 spiro atoms. The highest BCUT2D eigenvalue weighted by molar-refractivity contribution is 9.10. The van der Waals surface area contributed by atoms with Crippen LogP contribution in [0.1, 0.15) is 39.5 Å². The zero-order chi connectivity index (χ0) is 14.9. The van der Waals surface area contributed by atoms with Crippen molar-refractivity contribution in [1.29, 1.82) is 0 Å². The van der Waals surface area contributed by atoms with Crippen LogP contribution >= 0.6 is 15.9 Å². The molecule has 1 saturated carbocycles. The maximum Gasteiger partial charge on any atom is 0.230 e. The Labute approximate surface area is 129 Å². The zero-order valence-electron chi connectivity index (χ0n) is 12.4. The van der Waals surface area contributed by atoms with Crippen LogP contribution < -0.4 is 10.6 Å². The minimum atomic E-state index is 0.0771. The Bertz CT molecular complexity index is 513. The number of nitrogen functional groups attached to an aromatic ring is 1. The van der Waals surface area contributed by atoms with Gasteiger partial charge in [0.25, 0.3) is 0 Å². The monoisotopic (exact) mass is 338 g/mol. The predicted octanol–water partition coefficient (Wildman–Crippen LogP) is 4.21. The number of halogens is 1. The van der Waals surface area contributed by atoms with E-state index in [1.165, 1.54) is 6.42 Å². The Balaban J connectivity index is 2.23. The molecule has 2 rings (SSSR count). The van der Waals surface area contributed by atoms with Crippen molar-refractivity contribution < 1.29 is 4.79 Å². The van der Waals surface area contributed by atoms with E-state index in [0.717, 1.165) is 29.4 Å². The van der Waals surface area contributed by atoms with Gasteiger partial charge < -0.3 is 10.6 Å². The van der Waals surface area contributed by atoms with Crippen molar-refractivity contribution in [3.8, 4) is 0 Å². The van der Waals surface area contributed by atoms with Crippen LogP contribution in [0, 0.1) is 11.3 Å². The number of anilines is 2. The lowest BCUT2D eigenvalue weighted by atomic mass is 9.68. The minimum absolute atomic E-state index is 0.0771. The first kappa shape index (κ1) is 15.4. The van der Waals surface area contributed by atoms with Gasteiger partial charge in [-0.2, -0.15) is 0 Å². The van der Waals surface area contributed by atoms with Gasteiger partial charge in [0.2, 0.25) is 5.91 Å². The van der Waals surface area contributed by atoms with E-state index in [1.54, 1.807) is 4.90 Å². The molecule has 0 radical (unpaired) electrons. The number of carbonyl (C=O) groups excluding carboxylic acids is 1. The molecule has 1 aliphatic rings. The highest BCUT2D eigenvalue weighted by atomic mass is 79.9. The van der Waals surface area contributed by atoms with E-state index in [-0.39, 0.29) is 17.2 Å². The van der Waals surface area contributed by atoms with Crippen LogP contribution in [0.3, 0.4) is 0 Å². The highest BCUT2D eigenvalue weighted by Crippen LogP contribution is 2.42. The Morgan fingerprint density at radius 1 is 1.40 bits per heavy atom. The van der Waals surface area contributed by atoms with Crippen molar-refractivity contribution in [2.75, 3.05) is 17.7 Å². The van der Waals surface area contributed by atoms with Gasteiger partial charge in [0, 0.05) is 17.4 Å². The largest absolute Gasteiger partial charge is 0.397 e. The summed E-state index contributed by atoms with van der Waals surface area (Å²) in [6, 6.07) is 5.65. The van der Waals surface area contributed by atoms with Gasteiger partial charge >= 0.3 is 0 Å². The summed E-state index contributed by atoms with van der Waals surface area (Å²) in [5.41, 5.74) is 7.53. The average molecular weight is 339 g/mol. The molecule has 1 fully saturated rings. The number of nitrogens with zero attached hydrogens (tertiary/aromatic N) is 1. The number of nitrogens with two attached hydrogens (primary N) is 1. The molecule has 2 N–H and O–H groups in total. The summed E-state index contributed by atoms with van der Waals surface area (Å²) < 4.78 is 0.928. The standard InChI is InChI=1S/C16H23BrN2O/c1-16(2)9-5-4-6-12(16)15(20)19(3)14-8-7-11(17)10-13(14)18/h7-8,10,12H,4-6,9,18H2,1-3H3. The lowest BCUT2D eigenvalue weighted by Crippen LogP contribution is -2.42. The molecule has 4 heteroatoms. The van der Waals surface area contributed by atoms with E-state index >= 15 is 0 Å². The van der Waals surface area contributed by atoms with Crippen LogP contribution in [-0.4, -0.2) is 13.0 Å². The third-order valence-electron chi connectivity index (χ3n) is 4.49. The fourth-order valence-corrected chi connectivity index (χ4v) is 3.51. The minimum Gasteiger partial charge on any atom is -0.397 e. The number of benzene rings is 1. The van der Waals surface area contributed by atoms with Gasteiger partial charge in [0.05, 0.1) is 11.4 Å². The first-order valence-corrected chi connectivity index (χ1v) is 7.95. The second-order valence-corrected chi connectivity index (χ2v) is 7.30. The predicted molar refractivity (Wildman–Crippen MR) is 87.7 cm³/mol. The molecule has 1 aliphatic carbocycles. The third kappa shape index (κ3) is 3.00. The van der Waals surface area contributed by atoms with E-state index in [1.807, 2.05) is 25.2 Å². The lowest BCUT2D eigenvalue weighted by molar-refractivity contribution is -0.127. The summed E-state index contributed by atoms with van der Waals surface area (Å²) >= 11 is 3.39. The van der Waals surface area contributed by atoms with Crippen LogP contribution in [-0.2, 0) is 4.79 Å². The van der Waals surface area contributed by atoms with E-state index in [2.05, 4.69) is 29.8 Å². The van der Waals surface area contributed by atoms with E-state index in [0.29, 0.717) is 5.69 Å². The Morgan fingerprint density at radius 2 is 2.10 bits per heavy atom. The molecule has 1 aromatic rings. The van der Waals surface area contributed by atoms with Crippen LogP contribution in [0.2, 0.25) is 0 Å². The molecule has 110 valence electrons. The van der Waals surface area contributed by atoms with Crippen LogP contribution in [0.4, 0.5) is 11.4 Å². The molecular formula is C16H23BrN2O.